The van der Waals surface area contributed by atoms with Crippen molar-refractivity contribution in [3.8, 4) is 0 Å². The lowest BCUT2D eigenvalue weighted by molar-refractivity contribution is 0.0984. The molecule has 0 spiro atoms. The molecule has 3 aromatic carbocycles. The number of para-hydroxylation sites is 1. The normalized spacial score (nSPS) is 13.8. The lowest BCUT2D eigenvalue weighted by Gasteiger charge is -2.28. The van der Waals surface area contributed by atoms with E-state index in [-0.39, 0.29) is 23.9 Å². The van der Waals surface area contributed by atoms with Crippen LogP contribution in [0.2, 0.25) is 5.02 Å². The maximum atomic E-state index is 13.7. The van der Waals surface area contributed by atoms with Crippen LogP contribution in [0.4, 0.5) is 5.69 Å². The fraction of sp³-hybridized carbons (Fsp3) is 0.241. The minimum absolute atomic E-state index is 0.148. The van der Waals surface area contributed by atoms with Crippen molar-refractivity contribution < 1.29 is 13.2 Å². The molecule has 38 heavy (non-hydrogen) atoms. The topological polar surface area (TPSA) is 75.5 Å². The number of aryl methyl sites for hydroxylation is 3. The van der Waals surface area contributed by atoms with Gasteiger partial charge in [-0.05, 0) is 55.8 Å². The number of carbonyl (C=O) groups is 1. The minimum Gasteiger partial charge on any atom is -0.302 e. The van der Waals surface area contributed by atoms with Gasteiger partial charge >= 0.3 is 0 Å². The van der Waals surface area contributed by atoms with Gasteiger partial charge in [-0.25, -0.2) is 8.42 Å². The van der Waals surface area contributed by atoms with E-state index < -0.39 is 10.0 Å². The van der Waals surface area contributed by atoms with Crippen molar-refractivity contribution in [3.05, 3.63) is 111 Å². The predicted molar refractivity (Wildman–Crippen MR) is 149 cm³/mol. The van der Waals surface area contributed by atoms with Crippen LogP contribution in [0, 0.1) is 13.8 Å². The van der Waals surface area contributed by atoms with Gasteiger partial charge in [0.2, 0.25) is 10.0 Å². The number of fused-ring (bicyclic) bond motifs is 1. The van der Waals surface area contributed by atoms with E-state index in [0.29, 0.717) is 29.2 Å². The summed E-state index contributed by atoms with van der Waals surface area (Å²) in [5, 5.41) is 5.16. The third-order valence-corrected chi connectivity index (χ3v) is 9.24. The third kappa shape index (κ3) is 4.99. The monoisotopic (exact) mass is 548 g/mol. The van der Waals surface area contributed by atoms with Gasteiger partial charge in [-0.3, -0.25) is 9.48 Å². The van der Waals surface area contributed by atoms with E-state index in [0.717, 1.165) is 28.1 Å². The minimum atomic E-state index is -3.76. The zero-order chi connectivity index (χ0) is 27.0. The lowest BCUT2D eigenvalue weighted by atomic mass is 10.1. The van der Waals surface area contributed by atoms with Crippen LogP contribution >= 0.6 is 11.6 Å². The van der Waals surface area contributed by atoms with E-state index in [4.69, 9.17) is 16.7 Å². The maximum absolute atomic E-state index is 13.7. The summed E-state index contributed by atoms with van der Waals surface area (Å²) < 4.78 is 30.3. The molecular weight excluding hydrogens is 520 g/mol. The summed E-state index contributed by atoms with van der Waals surface area (Å²) >= 11 is 6.24. The molecule has 1 amide bonds. The van der Waals surface area contributed by atoms with Crippen LogP contribution in [0.1, 0.15) is 38.4 Å². The standard InChI is InChI=1S/C29H29ClN4O3S/c1-20-9-12-22(13-10-20)29(35)34(23-7-5-4-6-8-23)19-27-25-18-33(16-15-28(25)32(3)31-27)38(36,37)24-14-11-21(2)26(30)17-24/h4-14,17H,15-16,18-19H2,1-3H3. The molecule has 0 saturated heterocycles. The molecule has 0 N–H and O–H groups in total. The molecule has 0 saturated carbocycles. The van der Waals surface area contributed by atoms with E-state index in [1.165, 1.54) is 10.4 Å². The Kier molecular flexibility index (Phi) is 7.13. The van der Waals surface area contributed by atoms with Crippen molar-refractivity contribution in [3.63, 3.8) is 0 Å². The lowest BCUT2D eigenvalue weighted by Crippen LogP contribution is -2.37. The zero-order valence-corrected chi connectivity index (χ0v) is 23.1. The Morgan fingerprint density at radius 3 is 2.42 bits per heavy atom. The van der Waals surface area contributed by atoms with Crippen LogP contribution in [0.15, 0.2) is 77.7 Å². The first-order valence-corrected chi connectivity index (χ1v) is 14.2. The summed E-state index contributed by atoms with van der Waals surface area (Å²) in [6.07, 6.45) is 0.523. The quantitative estimate of drug-likeness (QED) is 0.328. The number of aromatic nitrogens is 2. The number of anilines is 1. The summed E-state index contributed by atoms with van der Waals surface area (Å²) in [7, 11) is -1.90. The van der Waals surface area contributed by atoms with Gasteiger partial charge in [-0.2, -0.15) is 9.40 Å². The first kappa shape index (κ1) is 26.2. The fourth-order valence-corrected chi connectivity index (χ4v) is 6.43. The molecule has 1 aliphatic rings. The fourth-order valence-electron chi connectivity index (χ4n) is 4.75. The van der Waals surface area contributed by atoms with Crippen molar-refractivity contribution >= 4 is 33.2 Å². The zero-order valence-electron chi connectivity index (χ0n) is 21.6. The number of hydrogen-bond donors (Lipinski definition) is 0. The maximum Gasteiger partial charge on any atom is 0.258 e. The van der Waals surface area contributed by atoms with E-state index in [1.54, 1.807) is 21.7 Å². The molecule has 9 heteroatoms. The first-order valence-electron chi connectivity index (χ1n) is 12.4. The van der Waals surface area contributed by atoms with Gasteiger partial charge in [0.1, 0.15) is 0 Å². The van der Waals surface area contributed by atoms with Crippen molar-refractivity contribution in [2.75, 3.05) is 11.4 Å². The number of rotatable bonds is 6. The van der Waals surface area contributed by atoms with Gasteiger partial charge in [-0.15, -0.1) is 0 Å². The highest BCUT2D eigenvalue weighted by molar-refractivity contribution is 7.89. The number of halogens is 1. The third-order valence-electron chi connectivity index (χ3n) is 6.99. The van der Waals surface area contributed by atoms with E-state index in [2.05, 4.69) is 0 Å². The number of benzene rings is 3. The van der Waals surface area contributed by atoms with Crippen LogP contribution in [-0.2, 0) is 36.6 Å². The van der Waals surface area contributed by atoms with Crippen molar-refractivity contribution in [2.45, 2.75) is 38.3 Å². The molecule has 196 valence electrons. The summed E-state index contributed by atoms with van der Waals surface area (Å²) in [6.45, 7) is 4.54. The van der Waals surface area contributed by atoms with Crippen molar-refractivity contribution in [1.29, 1.82) is 0 Å². The number of hydrogen-bond acceptors (Lipinski definition) is 4. The Bertz CT molecular complexity index is 1600. The number of nitrogens with zero attached hydrogens (tertiary/aromatic N) is 4. The molecule has 4 aromatic rings. The Hall–Kier alpha value is -3.46. The predicted octanol–water partition coefficient (Wildman–Crippen LogP) is 5.28. The molecule has 0 aliphatic carbocycles. The van der Waals surface area contributed by atoms with Gasteiger partial charge in [0.05, 0.1) is 17.1 Å². The van der Waals surface area contributed by atoms with Crippen LogP contribution < -0.4 is 4.90 Å². The molecule has 0 atom stereocenters. The summed E-state index contributed by atoms with van der Waals surface area (Å²) in [5.41, 5.74) is 5.69. The average Bonchev–Trinajstić information content (AvgIpc) is 3.23. The van der Waals surface area contributed by atoms with Crippen molar-refractivity contribution in [2.24, 2.45) is 7.05 Å². The van der Waals surface area contributed by atoms with Gasteiger partial charge < -0.3 is 4.90 Å². The molecule has 1 aliphatic heterocycles. The summed E-state index contributed by atoms with van der Waals surface area (Å²) in [6, 6.07) is 21.7. The van der Waals surface area contributed by atoms with Gasteiger partial charge in [0, 0.05) is 54.1 Å². The molecule has 0 bridgehead atoms. The smallest absolute Gasteiger partial charge is 0.258 e. The SMILES string of the molecule is Cc1ccc(C(=O)N(Cc2nn(C)c3c2CN(S(=O)(=O)c2ccc(C)c(Cl)c2)CC3)c2ccccc2)cc1. The Morgan fingerprint density at radius 2 is 1.74 bits per heavy atom. The van der Waals surface area contributed by atoms with Crippen LogP contribution in [-0.4, -0.2) is 35.0 Å². The largest absolute Gasteiger partial charge is 0.302 e. The van der Waals surface area contributed by atoms with Crippen molar-refractivity contribution in [1.82, 2.24) is 14.1 Å². The Balaban J connectivity index is 1.49. The van der Waals surface area contributed by atoms with Gasteiger partial charge in [0.25, 0.3) is 5.91 Å². The highest BCUT2D eigenvalue weighted by Crippen LogP contribution is 2.30. The second-order valence-corrected chi connectivity index (χ2v) is 11.9. The van der Waals surface area contributed by atoms with E-state index >= 15 is 0 Å². The summed E-state index contributed by atoms with van der Waals surface area (Å²) in [5.74, 6) is -0.148. The summed E-state index contributed by atoms with van der Waals surface area (Å²) in [4.78, 5) is 15.5. The molecule has 0 fully saturated rings. The molecule has 2 heterocycles. The molecule has 0 unspecified atom stereocenters. The Morgan fingerprint density at radius 1 is 1.03 bits per heavy atom. The van der Waals surface area contributed by atoms with E-state index in [9.17, 15) is 13.2 Å². The molecular formula is C29H29ClN4O3S. The molecule has 0 radical (unpaired) electrons. The second-order valence-electron chi connectivity index (χ2n) is 9.59. The highest BCUT2D eigenvalue weighted by atomic mass is 35.5. The van der Waals surface area contributed by atoms with Crippen LogP contribution in [0.25, 0.3) is 0 Å². The molecule has 7 nitrogen and oxygen atoms in total. The second kappa shape index (κ2) is 10.4. The average molecular weight is 549 g/mol. The van der Waals surface area contributed by atoms with Gasteiger partial charge in [0.15, 0.2) is 0 Å². The first-order chi connectivity index (χ1) is 18.1. The highest BCUT2D eigenvalue weighted by Gasteiger charge is 2.33. The number of amides is 1. The van der Waals surface area contributed by atoms with Gasteiger partial charge in [-0.1, -0.05) is 53.6 Å². The Labute approximate surface area is 228 Å². The molecule has 5 rings (SSSR count). The van der Waals surface area contributed by atoms with Crippen LogP contribution in [0.3, 0.4) is 0 Å². The van der Waals surface area contributed by atoms with Crippen LogP contribution in [0.5, 0.6) is 0 Å². The number of carbonyl (C=O) groups excluding carboxylic acids is 1. The number of sulfonamides is 1. The molecule has 1 aromatic heterocycles. The van der Waals surface area contributed by atoms with E-state index in [1.807, 2.05) is 75.5 Å².